The zero-order valence-electron chi connectivity index (χ0n) is 10.8. The van der Waals surface area contributed by atoms with Gasteiger partial charge in [-0.15, -0.1) is 0 Å². The van der Waals surface area contributed by atoms with Gasteiger partial charge in [0.15, 0.2) is 0 Å². The normalized spacial score (nSPS) is 37.4. The average molecular weight is 265 g/mol. The van der Waals surface area contributed by atoms with E-state index in [9.17, 15) is 14.7 Å². The van der Waals surface area contributed by atoms with E-state index >= 15 is 0 Å². The zero-order chi connectivity index (χ0) is 13.4. The molecule has 1 amide bonds. The number of carboxylic acids is 1. The number of allylic oxidation sites excluding steroid dienone is 2. The first-order valence-corrected chi connectivity index (χ1v) is 6.97. The number of ether oxygens (including phenoxy) is 1. The predicted octanol–water partition coefficient (Wildman–Crippen LogP) is 1.04. The number of rotatable bonds is 2. The summed E-state index contributed by atoms with van der Waals surface area (Å²) in [4.78, 5) is 25.6. The molecule has 2 fully saturated rings. The van der Waals surface area contributed by atoms with Gasteiger partial charge in [-0.3, -0.25) is 9.59 Å². The average Bonchev–Trinajstić information content (AvgIpc) is 2.76. The molecule has 0 spiro atoms. The van der Waals surface area contributed by atoms with E-state index in [-0.39, 0.29) is 18.1 Å². The second-order valence-corrected chi connectivity index (χ2v) is 5.69. The van der Waals surface area contributed by atoms with Crippen LogP contribution in [0.25, 0.3) is 0 Å². The van der Waals surface area contributed by atoms with Crippen molar-refractivity contribution in [3.05, 3.63) is 12.2 Å². The van der Waals surface area contributed by atoms with Gasteiger partial charge in [-0.1, -0.05) is 12.2 Å². The first kappa shape index (κ1) is 12.7. The highest BCUT2D eigenvalue weighted by Gasteiger charge is 2.41. The molecule has 2 bridgehead atoms. The topological polar surface area (TPSA) is 66.8 Å². The molecule has 19 heavy (non-hydrogen) atoms. The van der Waals surface area contributed by atoms with E-state index in [1.807, 2.05) is 17.1 Å². The van der Waals surface area contributed by atoms with Gasteiger partial charge in [0.1, 0.15) is 0 Å². The Labute approximate surface area is 112 Å². The highest BCUT2D eigenvalue weighted by molar-refractivity contribution is 5.85. The maximum Gasteiger partial charge on any atom is 0.307 e. The number of nitrogens with zero attached hydrogens (tertiary/aromatic N) is 1. The number of aliphatic carboxylic acids is 1. The summed E-state index contributed by atoms with van der Waals surface area (Å²) in [5.74, 6) is -1.84. The summed E-state index contributed by atoms with van der Waals surface area (Å²) < 4.78 is 5.72. The summed E-state index contributed by atoms with van der Waals surface area (Å²) in [6.45, 7) is 1.25. The van der Waals surface area contributed by atoms with Crippen LogP contribution in [-0.4, -0.2) is 47.2 Å². The zero-order valence-corrected chi connectivity index (χ0v) is 10.8. The van der Waals surface area contributed by atoms with Crippen molar-refractivity contribution in [2.75, 3.05) is 13.1 Å². The van der Waals surface area contributed by atoms with Crippen LogP contribution in [0, 0.1) is 11.8 Å². The molecule has 2 saturated heterocycles. The first-order valence-electron chi connectivity index (χ1n) is 6.97. The van der Waals surface area contributed by atoms with E-state index in [0.717, 1.165) is 12.8 Å². The molecule has 3 rings (SSSR count). The van der Waals surface area contributed by atoms with Crippen LogP contribution in [-0.2, 0) is 14.3 Å². The molecule has 3 aliphatic rings. The van der Waals surface area contributed by atoms with E-state index in [2.05, 4.69) is 0 Å². The van der Waals surface area contributed by atoms with E-state index in [0.29, 0.717) is 25.9 Å². The fourth-order valence-electron chi connectivity index (χ4n) is 3.39. The lowest BCUT2D eigenvalue weighted by molar-refractivity contribution is -0.154. The molecule has 0 saturated carbocycles. The van der Waals surface area contributed by atoms with Crippen molar-refractivity contribution in [3.8, 4) is 0 Å². The molecule has 0 aromatic rings. The predicted molar refractivity (Wildman–Crippen MR) is 67.5 cm³/mol. The maximum atomic E-state index is 12.6. The number of likely N-dealkylation sites (tertiary alicyclic amines) is 1. The second-order valence-electron chi connectivity index (χ2n) is 5.69. The van der Waals surface area contributed by atoms with Gasteiger partial charge in [-0.05, 0) is 25.7 Å². The van der Waals surface area contributed by atoms with Gasteiger partial charge in [-0.25, -0.2) is 0 Å². The summed E-state index contributed by atoms with van der Waals surface area (Å²) in [5.41, 5.74) is 0. The summed E-state index contributed by atoms with van der Waals surface area (Å²) in [6.07, 6.45) is 7.15. The van der Waals surface area contributed by atoms with Gasteiger partial charge >= 0.3 is 5.97 Å². The van der Waals surface area contributed by atoms with Crippen molar-refractivity contribution in [1.29, 1.82) is 0 Å². The minimum Gasteiger partial charge on any atom is -0.481 e. The van der Waals surface area contributed by atoms with Gasteiger partial charge in [0.2, 0.25) is 5.91 Å². The fraction of sp³-hybridized carbons (Fsp3) is 0.714. The van der Waals surface area contributed by atoms with Crippen molar-refractivity contribution in [2.45, 2.75) is 37.9 Å². The standard InChI is InChI=1S/C14H19NO4/c16-13(11-3-1-2-4-12(11)14(17)18)15-7-9-5-6-10(8-15)19-9/h1-2,9-12H,3-8H2,(H,17,18)/t9?,10?,11-,12+/m1/s1. The molecule has 104 valence electrons. The fourth-order valence-corrected chi connectivity index (χ4v) is 3.39. The SMILES string of the molecule is O=C(O)[C@H]1CC=CC[C@H]1C(=O)N1CC2CCC(C1)O2. The molecule has 0 aromatic carbocycles. The maximum absolute atomic E-state index is 12.6. The first-order chi connectivity index (χ1) is 9.15. The molecule has 0 aromatic heterocycles. The molecule has 1 aliphatic carbocycles. The number of amides is 1. The van der Waals surface area contributed by atoms with Gasteiger partial charge in [-0.2, -0.15) is 0 Å². The van der Waals surface area contributed by atoms with Crippen molar-refractivity contribution in [3.63, 3.8) is 0 Å². The molecule has 0 radical (unpaired) electrons. The van der Waals surface area contributed by atoms with Crippen LogP contribution in [0.3, 0.4) is 0 Å². The van der Waals surface area contributed by atoms with E-state index in [4.69, 9.17) is 4.74 Å². The van der Waals surface area contributed by atoms with Crippen molar-refractivity contribution < 1.29 is 19.4 Å². The number of morpholine rings is 1. The van der Waals surface area contributed by atoms with Crippen LogP contribution in [0.2, 0.25) is 0 Å². The third kappa shape index (κ3) is 2.39. The molecule has 4 atom stereocenters. The number of carboxylic acid groups (broad SMARTS) is 1. The Kier molecular flexibility index (Phi) is 3.31. The van der Waals surface area contributed by atoms with Crippen molar-refractivity contribution >= 4 is 11.9 Å². The number of hydrogen-bond acceptors (Lipinski definition) is 3. The van der Waals surface area contributed by atoms with Crippen LogP contribution in [0.5, 0.6) is 0 Å². The number of carbonyl (C=O) groups is 2. The Morgan fingerprint density at radius 1 is 1.05 bits per heavy atom. The van der Waals surface area contributed by atoms with Crippen LogP contribution in [0.15, 0.2) is 12.2 Å². The highest BCUT2D eigenvalue weighted by Crippen LogP contribution is 2.31. The number of hydrogen-bond donors (Lipinski definition) is 1. The van der Waals surface area contributed by atoms with Gasteiger partial charge in [0.25, 0.3) is 0 Å². The third-order valence-electron chi connectivity index (χ3n) is 4.42. The Hall–Kier alpha value is -1.36. The van der Waals surface area contributed by atoms with E-state index in [1.54, 1.807) is 0 Å². The quantitative estimate of drug-likeness (QED) is 0.758. The highest BCUT2D eigenvalue weighted by atomic mass is 16.5. The second kappa shape index (κ2) is 4.96. The van der Waals surface area contributed by atoms with Crippen molar-refractivity contribution in [1.82, 2.24) is 4.90 Å². The van der Waals surface area contributed by atoms with Crippen LogP contribution in [0.1, 0.15) is 25.7 Å². The summed E-state index contributed by atoms with van der Waals surface area (Å²) in [6, 6.07) is 0. The Morgan fingerprint density at radius 2 is 1.63 bits per heavy atom. The molecule has 1 N–H and O–H groups in total. The molecular weight excluding hydrogens is 246 g/mol. The van der Waals surface area contributed by atoms with Crippen molar-refractivity contribution in [2.24, 2.45) is 11.8 Å². The van der Waals surface area contributed by atoms with Gasteiger partial charge in [0, 0.05) is 13.1 Å². The molecule has 2 aliphatic heterocycles. The van der Waals surface area contributed by atoms with E-state index < -0.39 is 17.8 Å². The Morgan fingerprint density at radius 3 is 2.21 bits per heavy atom. The Bertz CT molecular complexity index is 408. The Balaban J connectivity index is 1.72. The lowest BCUT2D eigenvalue weighted by Crippen LogP contribution is -2.50. The van der Waals surface area contributed by atoms with Gasteiger partial charge in [0.05, 0.1) is 24.0 Å². The lowest BCUT2D eigenvalue weighted by Gasteiger charge is -2.36. The van der Waals surface area contributed by atoms with Gasteiger partial charge < -0.3 is 14.7 Å². The molecule has 5 nitrogen and oxygen atoms in total. The monoisotopic (exact) mass is 265 g/mol. The van der Waals surface area contributed by atoms with E-state index in [1.165, 1.54) is 0 Å². The largest absolute Gasteiger partial charge is 0.481 e. The van der Waals surface area contributed by atoms with Crippen LogP contribution >= 0.6 is 0 Å². The summed E-state index contributed by atoms with van der Waals surface area (Å²) in [5, 5.41) is 9.24. The van der Waals surface area contributed by atoms with Crippen LogP contribution < -0.4 is 0 Å². The summed E-state index contributed by atoms with van der Waals surface area (Å²) in [7, 11) is 0. The third-order valence-corrected chi connectivity index (χ3v) is 4.42. The number of carbonyl (C=O) groups excluding carboxylic acids is 1. The molecule has 2 heterocycles. The molecule has 2 unspecified atom stereocenters. The molecular formula is C14H19NO4. The minimum atomic E-state index is -0.862. The van der Waals surface area contributed by atoms with Crippen LogP contribution in [0.4, 0.5) is 0 Å². The minimum absolute atomic E-state index is 0.00282. The number of fused-ring (bicyclic) bond motifs is 2. The smallest absolute Gasteiger partial charge is 0.307 e. The lowest BCUT2D eigenvalue weighted by atomic mass is 9.82. The molecule has 5 heteroatoms. The summed E-state index contributed by atoms with van der Waals surface area (Å²) >= 11 is 0.